The maximum Gasteiger partial charge on any atom is 0.191 e. The number of nitrogens with one attached hydrogen (secondary N) is 2. The van der Waals surface area contributed by atoms with Crippen molar-refractivity contribution in [1.82, 2.24) is 10.6 Å². The normalized spacial score (nSPS) is 22.8. The molecule has 1 aromatic rings. The first-order valence-electron chi connectivity index (χ1n) is 10.3. The molecule has 1 aromatic carbocycles. The molecular formula is C21H33ClN4OS. The molecule has 2 N–H and O–H groups in total. The van der Waals surface area contributed by atoms with Crippen LogP contribution in [0.4, 0.5) is 5.69 Å². The number of piperidine rings is 1. The minimum Gasteiger partial charge on any atom is -0.381 e. The molecule has 2 aliphatic rings. The Morgan fingerprint density at radius 1 is 1.36 bits per heavy atom. The van der Waals surface area contributed by atoms with Crippen LogP contribution in [0.5, 0.6) is 0 Å². The molecule has 0 bridgehead atoms. The standard InChI is InChI=1S/C21H33ClN4OS/c1-3-23-20(24-16-21(28-2)10-13-27-14-11-21)25-17-7-6-12-26(15-17)19-9-5-4-8-18(19)22/h4-5,8-9,17H,3,6-7,10-16H2,1-2H3,(H2,23,24,25). The molecule has 0 aromatic heterocycles. The number of hydrogen-bond donors (Lipinski definition) is 2. The quantitative estimate of drug-likeness (QED) is 0.537. The summed E-state index contributed by atoms with van der Waals surface area (Å²) in [4.78, 5) is 7.35. The van der Waals surface area contributed by atoms with Gasteiger partial charge in [-0.25, -0.2) is 0 Å². The van der Waals surface area contributed by atoms with Gasteiger partial charge in [-0.3, -0.25) is 4.99 Å². The number of nitrogens with zero attached hydrogens (tertiary/aromatic N) is 2. The van der Waals surface area contributed by atoms with Crippen LogP contribution in [0, 0.1) is 0 Å². The zero-order valence-electron chi connectivity index (χ0n) is 17.0. The van der Waals surface area contributed by atoms with E-state index in [9.17, 15) is 0 Å². The van der Waals surface area contributed by atoms with Gasteiger partial charge in [0.15, 0.2) is 5.96 Å². The molecule has 7 heteroatoms. The summed E-state index contributed by atoms with van der Waals surface area (Å²) in [6.07, 6.45) is 6.63. The Morgan fingerprint density at radius 2 is 2.14 bits per heavy atom. The van der Waals surface area contributed by atoms with Crippen LogP contribution >= 0.6 is 23.4 Å². The molecule has 0 aliphatic carbocycles. The number of guanidine groups is 1. The molecule has 2 saturated heterocycles. The maximum absolute atomic E-state index is 6.42. The van der Waals surface area contributed by atoms with E-state index in [1.807, 2.05) is 23.9 Å². The molecule has 0 radical (unpaired) electrons. The predicted octanol–water partition coefficient (Wildman–Crippen LogP) is 3.78. The van der Waals surface area contributed by atoms with Gasteiger partial charge in [-0.2, -0.15) is 11.8 Å². The Labute approximate surface area is 178 Å². The van der Waals surface area contributed by atoms with E-state index in [4.69, 9.17) is 21.3 Å². The largest absolute Gasteiger partial charge is 0.381 e. The van der Waals surface area contributed by atoms with E-state index in [2.05, 4.69) is 40.8 Å². The average molecular weight is 425 g/mol. The zero-order chi connectivity index (χ0) is 19.8. The monoisotopic (exact) mass is 424 g/mol. The Kier molecular flexibility index (Phi) is 8.18. The lowest BCUT2D eigenvalue weighted by Crippen LogP contribution is -2.51. The molecule has 3 rings (SSSR count). The van der Waals surface area contributed by atoms with Gasteiger partial charge in [0.25, 0.3) is 0 Å². The van der Waals surface area contributed by atoms with Crippen LogP contribution in [-0.2, 0) is 4.74 Å². The molecule has 1 atom stereocenters. The average Bonchev–Trinajstić information content (AvgIpc) is 2.73. The second-order valence-corrected chi connectivity index (χ2v) is 9.26. The highest BCUT2D eigenvalue weighted by molar-refractivity contribution is 8.00. The lowest BCUT2D eigenvalue weighted by Gasteiger charge is -2.36. The summed E-state index contributed by atoms with van der Waals surface area (Å²) in [7, 11) is 0. The van der Waals surface area contributed by atoms with Crippen LogP contribution in [0.15, 0.2) is 29.3 Å². The highest BCUT2D eigenvalue weighted by atomic mass is 35.5. The summed E-state index contributed by atoms with van der Waals surface area (Å²) in [5, 5.41) is 7.93. The van der Waals surface area contributed by atoms with Gasteiger partial charge in [-0.05, 0) is 51.0 Å². The summed E-state index contributed by atoms with van der Waals surface area (Å²) in [6.45, 7) is 7.48. The minimum atomic E-state index is 0.205. The van der Waals surface area contributed by atoms with Crippen molar-refractivity contribution in [2.24, 2.45) is 4.99 Å². The smallest absolute Gasteiger partial charge is 0.191 e. The van der Waals surface area contributed by atoms with E-state index in [0.717, 1.165) is 81.7 Å². The minimum absolute atomic E-state index is 0.205. The first-order valence-corrected chi connectivity index (χ1v) is 11.9. The summed E-state index contributed by atoms with van der Waals surface area (Å²) < 4.78 is 5.76. The van der Waals surface area contributed by atoms with Gasteiger partial charge in [0.2, 0.25) is 0 Å². The summed E-state index contributed by atoms with van der Waals surface area (Å²) in [5.41, 5.74) is 1.13. The number of aliphatic imine (C=N–C) groups is 1. The van der Waals surface area contributed by atoms with Crippen molar-refractivity contribution in [1.29, 1.82) is 0 Å². The Hall–Kier alpha value is -1.11. The van der Waals surface area contributed by atoms with Crippen LogP contribution in [0.25, 0.3) is 0 Å². The number of thioether (sulfide) groups is 1. The molecule has 156 valence electrons. The van der Waals surface area contributed by atoms with E-state index in [1.54, 1.807) is 0 Å². The summed E-state index contributed by atoms with van der Waals surface area (Å²) >= 11 is 8.35. The fourth-order valence-electron chi connectivity index (χ4n) is 3.93. The van der Waals surface area contributed by atoms with Crippen molar-refractivity contribution in [2.45, 2.75) is 43.4 Å². The molecule has 0 spiro atoms. The highest BCUT2D eigenvalue weighted by Gasteiger charge is 2.32. The van der Waals surface area contributed by atoms with Crippen molar-refractivity contribution in [3.63, 3.8) is 0 Å². The zero-order valence-corrected chi connectivity index (χ0v) is 18.6. The summed E-state index contributed by atoms with van der Waals surface area (Å²) in [6, 6.07) is 8.48. The Balaban J connectivity index is 1.63. The fourth-order valence-corrected chi connectivity index (χ4v) is 4.95. The lowest BCUT2D eigenvalue weighted by molar-refractivity contribution is 0.0794. The van der Waals surface area contributed by atoms with Crippen molar-refractivity contribution in [3.8, 4) is 0 Å². The van der Waals surface area contributed by atoms with Crippen molar-refractivity contribution < 1.29 is 4.74 Å². The van der Waals surface area contributed by atoms with Gasteiger partial charge < -0.3 is 20.3 Å². The summed E-state index contributed by atoms with van der Waals surface area (Å²) in [5.74, 6) is 0.924. The predicted molar refractivity (Wildman–Crippen MR) is 122 cm³/mol. The fraction of sp³-hybridized carbons (Fsp3) is 0.667. The van der Waals surface area contributed by atoms with E-state index in [1.165, 1.54) is 0 Å². The number of para-hydroxylation sites is 1. The number of rotatable bonds is 6. The molecule has 2 aliphatic heterocycles. The van der Waals surface area contributed by atoms with E-state index in [0.29, 0.717) is 6.04 Å². The third-order valence-electron chi connectivity index (χ3n) is 5.66. The molecule has 1 unspecified atom stereocenters. The van der Waals surface area contributed by atoms with Gasteiger partial charge in [0.1, 0.15) is 0 Å². The topological polar surface area (TPSA) is 48.9 Å². The first-order chi connectivity index (χ1) is 13.7. The number of benzene rings is 1. The molecule has 0 amide bonds. The number of anilines is 1. The second kappa shape index (κ2) is 10.6. The molecular weight excluding hydrogens is 392 g/mol. The van der Waals surface area contributed by atoms with Crippen molar-refractivity contribution in [3.05, 3.63) is 29.3 Å². The van der Waals surface area contributed by atoms with Crippen LogP contribution in [0.2, 0.25) is 5.02 Å². The second-order valence-electron chi connectivity index (χ2n) is 7.58. The van der Waals surface area contributed by atoms with Gasteiger partial charge in [-0.15, -0.1) is 0 Å². The third kappa shape index (κ3) is 5.71. The highest BCUT2D eigenvalue weighted by Crippen LogP contribution is 2.34. The van der Waals surface area contributed by atoms with E-state index in [-0.39, 0.29) is 4.75 Å². The first kappa shape index (κ1) is 21.6. The Morgan fingerprint density at radius 3 is 2.86 bits per heavy atom. The maximum atomic E-state index is 6.42. The van der Waals surface area contributed by atoms with Crippen molar-refractivity contribution >= 4 is 35.0 Å². The molecule has 28 heavy (non-hydrogen) atoms. The van der Waals surface area contributed by atoms with Gasteiger partial charge in [-0.1, -0.05) is 23.7 Å². The third-order valence-corrected chi connectivity index (χ3v) is 7.38. The molecule has 0 saturated carbocycles. The van der Waals surface area contributed by atoms with Gasteiger partial charge in [0, 0.05) is 43.6 Å². The van der Waals surface area contributed by atoms with Crippen LogP contribution in [0.1, 0.15) is 32.6 Å². The SMILES string of the molecule is CCNC(=NCC1(SC)CCOCC1)NC1CCCN(c2ccccc2Cl)C1. The van der Waals surface area contributed by atoms with E-state index >= 15 is 0 Å². The number of ether oxygens (including phenoxy) is 1. The van der Waals surface area contributed by atoms with Gasteiger partial charge in [0.05, 0.1) is 17.3 Å². The molecule has 5 nitrogen and oxygen atoms in total. The van der Waals surface area contributed by atoms with Crippen molar-refractivity contribution in [2.75, 3.05) is 50.5 Å². The number of halogens is 1. The lowest BCUT2D eigenvalue weighted by atomic mass is 9.99. The molecule has 2 fully saturated rings. The molecule has 2 heterocycles. The Bertz CT molecular complexity index is 651. The van der Waals surface area contributed by atoms with Crippen LogP contribution in [-0.4, -0.2) is 62.4 Å². The van der Waals surface area contributed by atoms with Crippen LogP contribution in [0.3, 0.4) is 0 Å². The number of hydrogen-bond acceptors (Lipinski definition) is 4. The van der Waals surface area contributed by atoms with E-state index < -0.39 is 0 Å². The van der Waals surface area contributed by atoms with Gasteiger partial charge >= 0.3 is 0 Å². The van der Waals surface area contributed by atoms with Crippen LogP contribution < -0.4 is 15.5 Å².